The fraction of sp³-hybridized carbons (Fsp3) is 0. The van der Waals surface area contributed by atoms with E-state index in [1.165, 1.54) is 36.8 Å². The zero-order chi connectivity index (χ0) is 16.9. The van der Waals surface area contributed by atoms with Crippen LogP contribution in [-0.2, 0) is 0 Å². The third-order valence-corrected chi connectivity index (χ3v) is 3.04. The van der Waals surface area contributed by atoms with Crippen molar-refractivity contribution < 1.29 is 9.31 Å². The molecule has 2 heterocycles. The lowest BCUT2D eigenvalue weighted by molar-refractivity contribution is -0.383. The summed E-state index contributed by atoms with van der Waals surface area (Å²) in [5.41, 5.74) is 0.684. The van der Waals surface area contributed by atoms with Gasteiger partial charge in [0.1, 0.15) is 12.1 Å². The molecule has 0 aliphatic heterocycles. The Morgan fingerprint density at radius 3 is 2.25 bits per heavy atom. The van der Waals surface area contributed by atoms with Gasteiger partial charge in [-0.1, -0.05) is 0 Å². The van der Waals surface area contributed by atoms with Crippen molar-refractivity contribution in [3.8, 4) is 0 Å². The van der Waals surface area contributed by atoms with Crippen LogP contribution in [0.15, 0.2) is 55.1 Å². The summed E-state index contributed by atoms with van der Waals surface area (Å²) in [6.45, 7) is 0. The topological polar surface area (TPSA) is 106 Å². The lowest BCUT2D eigenvalue weighted by Gasteiger charge is -2.09. The average molecular weight is 326 g/mol. The van der Waals surface area contributed by atoms with Crippen molar-refractivity contribution in [2.45, 2.75) is 0 Å². The van der Waals surface area contributed by atoms with Gasteiger partial charge in [0.05, 0.1) is 16.8 Å². The zero-order valence-electron chi connectivity index (χ0n) is 12.2. The van der Waals surface area contributed by atoms with Gasteiger partial charge in [-0.25, -0.2) is 14.4 Å². The number of halogens is 1. The molecular formula is C15H11FN6O2. The minimum absolute atomic E-state index is 0.00648. The van der Waals surface area contributed by atoms with E-state index in [0.29, 0.717) is 11.4 Å². The van der Waals surface area contributed by atoms with E-state index in [-0.39, 0.29) is 17.3 Å². The highest BCUT2D eigenvalue weighted by atomic mass is 19.1. The second-order valence-electron chi connectivity index (χ2n) is 4.68. The molecule has 2 aromatic heterocycles. The third kappa shape index (κ3) is 3.40. The normalized spacial score (nSPS) is 10.2. The molecule has 3 aromatic rings. The van der Waals surface area contributed by atoms with E-state index in [1.807, 2.05) is 0 Å². The summed E-state index contributed by atoms with van der Waals surface area (Å²) < 4.78 is 13.0. The highest BCUT2D eigenvalue weighted by molar-refractivity contribution is 5.76. The Bertz CT molecular complexity index is 858. The van der Waals surface area contributed by atoms with Crippen LogP contribution in [-0.4, -0.2) is 19.9 Å². The maximum Gasteiger partial charge on any atom is 0.353 e. The second kappa shape index (κ2) is 6.65. The Labute approximate surface area is 135 Å². The average Bonchev–Trinajstić information content (AvgIpc) is 2.58. The van der Waals surface area contributed by atoms with E-state index in [2.05, 4.69) is 25.6 Å². The Morgan fingerprint density at radius 1 is 1.00 bits per heavy atom. The van der Waals surface area contributed by atoms with Crippen LogP contribution in [0.25, 0.3) is 0 Å². The van der Waals surface area contributed by atoms with Crippen molar-refractivity contribution in [3.63, 3.8) is 0 Å². The number of pyridine rings is 1. The first-order valence-electron chi connectivity index (χ1n) is 6.82. The zero-order valence-corrected chi connectivity index (χ0v) is 12.2. The van der Waals surface area contributed by atoms with Crippen LogP contribution in [0.3, 0.4) is 0 Å². The predicted octanol–water partition coefficient (Wildman–Crippen LogP) is 3.41. The number of anilines is 4. The Hall–Kier alpha value is -3.62. The lowest BCUT2D eigenvalue weighted by atomic mass is 10.3. The van der Waals surface area contributed by atoms with E-state index < -0.39 is 10.7 Å². The van der Waals surface area contributed by atoms with Crippen LogP contribution in [0.1, 0.15) is 0 Å². The monoisotopic (exact) mass is 326 g/mol. The fourth-order valence-corrected chi connectivity index (χ4v) is 1.98. The van der Waals surface area contributed by atoms with Crippen LogP contribution >= 0.6 is 0 Å². The summed E-state index contributed by atoms with van der Waals surface area (Å²) in [5.74, 6) is -0.391. The minimum atomic E-state index is -0.593. The van der Waals surface area contributed by atoms with Gasteiger partial charge in [-0.3, -0.25) is 15.1 Å². The molecule has 0 atom stereocenters. The first kappa shape index (κ1) is 15.3. The summed E-state index contributed by atoms with van der Waals surface area (Å²) in [4.78, 5) is 22.6. The first-order valence-corrected chi connectivity index (χ1v) is 6.82. The third-order valence-electron chi connectivity index (χ3n) is 3.04. The van der Waals surface area contributed by atoms with E-state index >= 15 is 0 Å². The number of nitrogens with one attached hydrogen (secondary N) is 2. The van der Waals surface area contributed by atoms with Crippen molar-refractivity contribution in [2.24, 2.45) is 0 Å². The molecule has 1 aromatic carbocycles. The van der Waals surface area contributed by atoms with Crippen LogP contribution in [0.4, 0.5) is 33.1 Å². The first-order chi connectivity index (χ1) is 11.6. The van der Waals surface area contributed by atoms with Gasteiger partial charge in [-0.2, -0.15) is 0 Å². The van der Waals surface area contributed by atoms with Crippen molar-refractivity contribution in [3.05, 3.63) is 71.1 Å². The molecule has 24 heavy (non-hydrogen) atoms. The molecule has 9 heteroatoms. The lowest BCUT2D eigenvalue weighted by Crippen LogP contribution is -2.05. The quantitative estimate of drug-likeness (QED) is 0.546. The molecule has 0 saturated carbocycles. The molecule has 0 fully saturated rings. The maximum atomic E-state index is 13.0. The number of hydrogen-bond donors (Lipinski definition) is 2. The number of nitro groups is 1. The molecule has 0 amide bonds. The van der Waals surface area contributed by atoms with Gasteiger partial charge in [0.15, 0.2) is 0 Å². The van der Waals surface area contributed by atoms with Crippen LogP contribution in [0.2, 0.25) is 0 Å². The largest absolute Gasteiger partial charge is 0.353 e. The molecule has 2 N–H and O–H groups in total. The summed E-state index contributed by atoms with van der Waals surface area (Å²) in [5, 5.41) is 17.1. The van der Waals surface area contributed by atoms with Gasteiger partial charge in [0.25, 0.3) is 0 Å². The molecule has 8 nitrogen and oxygen atoms in total. The van der Waals surface area contributed by atoms with Crippen molar-refractivity contribution in [1.82, 2.24) is 15.0 Å². The number of rotatable bonds is 5. The smallest absolute Gasteiger partial charge is 0.334 e. The van der Waals surface area contributed by atoms with Gasteiger partial charge in [-0.05, 0) is 36.4 Å². The van der Waals surface area contributed by atoms with E-state index in [0.717, 1.165) is 0 Å². The summed E-state index contributed by atoms with van der Waals surface area (Å²) in [7, 11) is 0. The molecular weight excluding hydrogens is 315 g/mol. The van der Waals surface area contributed by atoms with Gasteiger partial charge < -0.3 is 10.6 Å². The molecule has 0 aliphatic rings. The van der Waals surface area contributed by atoms with Crippen molar-refractivity contribution in [2.75, 3.05) is 10.6 Å². The molecule has 3 rings (SSSR count). The Morgan fingerprint density at radius 2 is 1.67 bits per heavy atom. The van der Waals surface area contributed by atoms with Gasteiger partial charge in [-0.15, -0.1) is 0 Å². The number of hydrogen-bond acceptors (Lipinski definition) is 7. The van der Waals surface area contributed by atoms with Crippen molar-refractivity contribution >= 4 is 28.7 Å². The highest BCUT2D eigenvalue weighted by Crippen LogP contribution is 2.32. The van der Waals surface area contributed by atoms with Gasteiger partial charge >= 0.3 is 5.69 Å². The number of nitrogens with zero attached hydrogens (tertiary/aromatic N) is 4. The summed E-state index contributed by atoms with van der Waals surface area (Å²) in [6, 6.07) is 8.78. The van der Waals surface area contributed by atoms with Crippen LogP contribution in [0, 0.1) is 15.9 Å². The second-order valence-corrected chi connectivity index (χ2v) is 4.68. The fourth-order valence-electron chi connectivity index (χ4n) is 1.98. The standard InChI is InChI=1S/C15H11FN6O2/c16-10-3-5-11(6-4-10)20-14-13(22(23)24)15(19-9-18-14)21-12-2-1-7-17-8-12/h1-9H,(H2,18,19,20,21). The van der Waals surface area contributed by atoms with Crippen LogP contribution in [0.5, 0.6) is 0 Å². The Kier molecular flexibility index (Phi) is 4.23. The predicted molar refractivity (Wildman–Crippen MR) is 85.9 cm³/mol. The van der Waals surface area contributed by atoms with E-state index in [9.17, 15) is 14.5 Å². The molecule has 0 unspecified atom stereocenters. The molecule has 0 radical (unpaired) electrons. The number of benzene rings is 1. The van der Waals surface area contributed by atoms with Gasteiger partial charge in [0.2, 0.25) is 11.6 Å². The Balaban J connectivity index is 1.96. The molecule has 120 valence electrons. The van der Waals surface area contributed by atoms with Crippen molar-refractivity contribution in [1.29, 1.82) is 0 Å². The van der Waals surface area contributed by atoms with E-state index in [1.54, 1.807) is 18.3 Å². The van der Waals surface area contributed by atoms with Gasteiger partial charge in [0, 0.05) is 11.9 Å². The molecule has 0 aliphatic carbocycles. The molecule has 0 bridgehead atoms. The van der Waals surface area contributed by atoms with Crippen LogP contribution < -0.4 is 10.6 Å². The number of aromatic nitrogens is 3. The SMILES string of the molecule is O=[N+]([O-])c1c(Nc2ccc(F)cc2)ncnc1Nc1cccnc1. The molecule has 0 spiro atoms. The molecule has 0 saturated heterocycles. The van der Waals surface area contributed by atoms with E-state index in [4.69, 9.17) is 0 Å². The highest BCUT2D eigenvalue weighted by Gasteiger charge is 2.23. The summed E-state index contributed by atoms with van der Waals surface area (Å²) >= 11 is 0. The minimum Gasteiger partial charge on any atom is -0.334 e. The maximum absolute atomic E-state index is 13.0. The summed E-state index contributed by atoms with van der Waals surface area (Å²) in [6.07, 6.45) is 4.29.